The van der Waals surface area contributed by atoms with Gasteiger partial charge in [-0.2, -0.15) is 0 Å². The van der Waals surface area contributed by atoms with E-state index in [2.05, 4.69) is 0 Å². The summed E-state index contributed by atoms with van der Waals surface area (Å²) >= 11 is 0. The zero-order chi connectivity index (χ0) is 12.0. The lowest BCUT2D eigenvalue weighted by atomic mass is 10.3. The normalized spacial score (nSPS) is 12.6. The Bertz CT molecular complexity index is 298. The van der Waals surface area contributed by atoms with Crippen molar-refractivity contribution >= 4 is 0 Å². The molecule has 16 heavy (non-hydrogen) atoms. The highest BCUT2D eigenvalue weighted by Gasteiger charge is 2.02. The fourth-order valence-corrected chi connectivity index (χ4v) is 1.15. The molecule has 0 saturated carbocycles. The lowest BCUT2D eigenvalue weighted by molar-refractivity contribution is 0.114. The molecule has 0 aliphatic heterocycles. The van der Waals surface area contributed by atoms with E-state index in [1.54, 1.807) is 12.1 Å². The largest absolute Gasteiger partial charge is 0.491 e. The number of aliphatic hydroxyl groups excluding tert-OH is 1. The lowest BCUT2D eigenvalue weighted by Crippen LogP contribution is -2.26. The van der Waals surface area contributed by atoms with Gasteiger partial charge >= 0.3 is 0 Å². The van der Waals surface area contributed by atoms with Gasteiger partial charge in [0.2, 0.25) is 0 Å². The van der Waals surface area contributed by atoms with Crippen molar-refractivity contribution in [3.8, 4) is 11.5 Å². The Kier molecular flexibility index (Phi) is 5.08. The Hall–Kier alpha value is -1.26. The molecule has 0 heterocycles. The number of hydrogen-bond acceptors (Lipinski definition) is 4. The molecule has 1 atom stereocenters. The monoisotopic (exact) mass is 225 g/mol. The van der Waals surface area contributed by atoms with Crippen molar-refractivity contribution in [2.45, 2.75) is 26.1 Å². The summed E-state index contributed by atoms with van der Waals surface area (Å²) in [4.78, 5) is 0. The van der Waals surface area contributed by atoms with E-state index in [0.717, 1.165) is 5.75 Å². The fraction of sp³-hybridized carbons (Fsp3) is 0.500. The van der Waals surface area contributed by atoms with Crippen LogP contribution in [0.4, 0.5) is 0 Å². The second-order valence-corrected chi connectivity index (χ2v) is 3.84. The number of benzene rings is 1. The fourth-order valence-electron chi connectivity index (χ4n) is 1.15. The van der Waals surface area contributed by atoms with Gasteiger partial charge in [-0.1, -0.05) is 0 Å². The van der Waals surface area contributed by atoms with E-state index < -0.39 is 6.10 Å². The average Bonchev–Trinajstić information content (AvgIpc) is 2.27. The van der Waals surface area contributed by atoms with Crippen molar-refractivity contribution in [2.75, 3.05) is 13.2 Å². The number of rotatable bonds is 6. The van der Waals surface area contributed by atoms with Crippen LogP contribution in [0.25, 0.3) is 0 Å². The number of aliphatic hydroxyl groups is 1. The summed E-state index contributed by atoms with van der Waals surface area (Å²) in [7, 11) is 0. The van der Waals surface area contributed by atoms with Crippen molar-refractivity contribution in [2.24, 2.45) is 5.73 Å². The molecule has 1 rings (SSSR count). The topological polar surface area (TPSA) is 64.7 Å². The van der Waals surface area contributed by atoms with Crippen LogP contribution >= 0.6 is 0 Å². The van der Waals surface area contributed by atoms with Crippen LogP contribution in [0.2, 0.25) is 0 Å². The van der Waals surface area contributed by atoms with Crippen LogP contribution in [0.1, 0.15) is 13.8 Å². The first-order valence-corrected chi connectivity index (χ1v) is 5.39. The van der Waals surface area contributed by atoms with Gasteiger partial charge in [0.05, 0.1) is 6.10 Å². The highest BCUT2D eigenvalue weighted by molar-refractivity contribution is 5.31. The Morgan fingerprint density at radius 3 is 2.25 bits per heavy atom. The SMILES string of the molecule is CC(C)Oc1ccc(OCC(O)CN)cc1. The molecule has 1 aromatic rings. The summed E-state index contributed by atoms with van der Waals surface area (Å²) in [5, 5.41) is 9.22. The highest BCUT2D eigenvalue weighted by atomic mass is 16.5. The van der Waals surface area contributed by atoms with Crippen LogP contribution < -0.4 is 15.2 Å². The van der Waals surface area contributed by atoms with Crippen molar-refractivity contribution in [3.63, 3.8) is 0 Å². The Morgan fingerprint density at radius 2 is 1.75 bits per heavy atom. The maximum atomic E-state index is 9.22. The van der Waals surface area contributed by atoms with Crippen LogP contribution in [0.5, 0.6) is 11.5 Å². The third-order valence-electron chi connectivity index (χ3n) is 1.91. The van der Waals surface area contributed by atoms with Gasteiger partial charge in [0, 0.05) is 6.54 Å². The van der Waals surface area contributed by atoms with Gasteiger partial charge in [-0.25, -0.2) is 0 Å². The van der Waals surface area contributed by atoms with E-state index in [0.29, 0.717) is 5.75 Å². The van der Waals surface area contributed by atoms with Crippen LogP contribution in [0.3, 0.4) is 0 Å². The minimum Gasteiger partial charge on any atom is -0.491 e. The van der Waals surface area contributed by atoms with Gasteiger partial charge in [0.25, 0.3) is 0 Å². The molecule has 0 amide bonds. The Balaban J connectivity index is 2.45. The van der Waals surface area contributed by atoms with Crippen LogP contribution in [0.15, 0.2) is 24.3 Å². The van der Waals surface area contributed by atoms with Crippen molar-refractivity contribution < 1.29 is 14.6 Å². The van der Waals surface area contributed by atoms with Gasteiger partial charge in [-0.05, 0) is 38.1 Å². The van der Waals surface area contributed by atoms with Gasteiger partial charge in [-0.3, -0.25) is 0 Å². The van der Waals surface area contributed by atoms with E-state index in [9.17, 15) is 5.11 Å². The summed E-state index contributed by atoms with van der Waals surface area (Å²) < 4.78 is 10.8. The highest BCUT2D eigenvalue weighted by Crippen LogP contribution is 2.18. The van der Waals surface area contributed by atoms with Crippen LogP contribution in [-0.4, -0.2) is 30.5 Å². The van der Waals surface area contributed by atoms with Crippen molar-refractivity contribution in [1.29, 1.82) is 0 Å². The van der Waals surface area contributed by atoms with Gasteiger partial charge < -0.3 is 20.3 Å². The minimum atomic E-state index is -0.619. The van der Waals surface area contributed by atoms with Gasteiger partial charge in [0.1, 0.15) is 24.2 Å². The van der Waals surface area contributed by atoms with E-state index in [1.807, 2.05) is 26.0 Å². The molecule has 0 aliphatic rings. The molecular weight excluding hydrogens is 206 g/mol. The minimum absolute atomic E-state index is 0.158. The summed E-state index contributed by atoms with van der Waals surface area (Å²) in [6.07, 6.45) is -0.461. The first kappa shape index (κ1) is 12.8. The predicted octanol–water partition coefficient (Wildman–Crippen LogP) is 1.17. The van der Waals surface area contributed by atoms with E-state index in [1.165, 1.54) is 0 Å². The predicted molar refractivity (Wildman–Crippen MR) is 62.8 cm³/mol. The first-order chi connectivity index (χ1) is 7.61. The van der Waals surface area contributed by atoms with Crippen LogP contribution in [-0.2, 0) is 0 Å². The van der Waals surface area contributed by atoms with Gasteiger partial charge in [-0.15, -0.1) is 0 Å². The maximum absolute atomic E-state index is 9.22. The molecule has 0 fully saturated rings. The Labute approximate surface area is 96.0 Å². The molecule has 1 aromatic carbocycles. The van der Waals surface area contributed by atoms with E-state index >= 15 is 0 Å². The smallest absolute Gasteiger partial charge is 0.119 e. The van der Waals surface area contributed by atoms with E-state index in [4.69, 9.17) is 15.2 Å². The Morgan fingerprint density at radius 1 is 1.19 bits per heavy atom. The molecule has 90 valence electrons. The first-order valence-electron chi connectivity index (χ1n) is 5.39. The zero-order valence-electron chi connectivity index (χ0n) is 9.72. The summed E-state index contributed by atoms with van der Waals surface area (Å²) in [5.41, 5.74) is 5.27. The molecule has 0 saturated heterocycles. The summed E-state index contributed by atoms with van der Waals surface area (Å²) in [5.74, 6) is 1.50. The van der Waals surface area contributed by atoms with Crippen molar-refractivity contribution in [3.05, 3.63) is 24.3 Å². The van der Waals surface area contributed by atoms with Crippen LogP contribution in [0, 0.1) is 0 Å². The average molecular weight is 225 g/mol. The molecule has 3 N–H and O–H groups in total. The molecule has 0 aromatic heterocycles. The molecule has 1 unspecified atom stereocenters. The second-order valence-electron chi connectivity index (χ2n) is 3.84. The number of hydrogen-bond donors (Lipinski definition) is 2. The number of nitrogens with two attached hydrogens (primary N) is 1. The summed E-state index contributed by atoms with van der Waals surface area (Å²) in [6, 6.07) is 7.29. The molecular formula is C12H19NO3. The summed E-state index contributed by atoms with van der Waals surface area (Å²) in [6.45, 7) is 4.36. The van der Waals surface area contributed by atoms with Gasteiger partial charge in [0.15, 0.2) is 0 Å². The molecule has 4 heteroatoms. The molecule has 0 bridgehead atoms. The molecule has 0 spiro atoms. The second kappa shape index (κ2) is 6.35. The molecule has 4 nitrogen and oxygen atoms in total. The standard InChI is InChI=1S/C12H19NO3/c1-9(2)16-12-5-3-11(4-6-12)15-8-10(14)7-13/h3-6,9-10,14H,7-8,13H2,1-2H3. The third kappa shape index (κ3) is 4.51. The van der Waals surface area contributed by atoms with E-state index in [-0.39, 0.29) is 19.3 Å². The zero-order valence-corrected chi connectivity index (χ0v) is 9.72. The number of ether oxygens (including phenoxy) is 2. The molecule has 0 radical (unpaired) electrons. The quantitative estimate of drug-likeness (QED) is 0.763. The van der Waals surface area contributed by atoms with Crippen molar-refractivity contribution in [1.82, 2.24) is 0 Å². The maximum Gasteiger partial charge on any atom is 0.119 e. The lowest BCUT2D eigenvalue weighted by Gasteiger charge is -2.12. The third-order valence-corrected chi connectivity index (χ3v) is 1.91. The molecule has 0 aliphatic carbocycles.